The second kappa shape index (κ2) is 7.22. The van der Waals surface area contributed by atoms with Gasteiger partial charge >= 0.3 is 0 Å². The van der Waals surface area contributed by atoms with E-state index in [2.05, 4.69) is 16.0 Å². The molecule has 4 rings (SSSR count). The highest BCUT2D eigenvalue weighted by Crippen LogP contribution is 2.35. The molecule has 26 heavy (non-hydrogen) atoms. The van der Waals surface area contributed by atoms with Crippen LogP contribution in [-0.4, -0.2) is 34.8 Å². The summed E-state index contributed by atoms with van der Waals surface area (Å²) >= 11 is 6.14. The second-order valence-corrected chi connectivity index (χ2v) is 7.64. The molecule has 134 valence electrons. The first-order chi connectivity index (χ1) is 12.7. The minimum absolute atomic E-state index is 0.150. The maximum atomic E-state index is 10.2. The van der Waals surface area contributed by atoms with E-state index in [1.54, 1.807) is 0 Å². The highest BCUT2D eigenvalue weighted by molar-refractivity contribution is 6.30. The maximum Gasteiger partial charge on any atom is 0.147 e. The predicted octanol–water partition coefficient (Wildman–Crippen LogP) is 4.10. The Balaban J connectivity index is 1.60. The van der Waals surface area contributed by atoms with Crippen molar-refractivity contribution in [2.45, 2.75) is 19.3 Å². The number of aliphatic hydroxyl groups is 1. The van der Waals surface area contributed by atoms with E-state index in [4.69, 9.17) is 16.6 Å². The van der Waals surface area contributed by atoms with Gasteiger partial charge in [-0.1, -0.05) is 35.9 Å². The average Bonchev–Trinajstić information content (AvgIpc) is 2.68. The minimum atomic E-state index is -0.184. The molecule has 1 N–H and O–H groups in total. The van der Waals surface area contributed by atoms with Crippen molar-refractivity contribution < 1.29 is 5.11 Å². The van der Waals surface area contributed by atoms with Crippen LogP contribution in [0.4, 0.5) is 5.82 Å². The first-order valence-corrected chi connectivity index (χ1v) is 9.37. The highest BCUT2D eigenvalue weighted by atomic mass is 35.5. The summed E-state index contributed by atoms with van der Waals surface area (Å²) in [6.45, 7) is 1.85. The van der Waals surface area contributed by atoms with Gasteiger partial charge in [0.05, 0.1) is 23.8 Å². The van der Waals surface area contributed by atoms with Crippen molar-refractivity contribution in [2.75, 3.05) is 24.6 Å². The molecule has 0 unspecified atom stereocenters. The molecular formula is C21H22ClN3O. The molecule has 1 saturated heterocycles. The molecule has 1 aliphatic heterocycles. The van der Waals surface area contributed by atoms with E-state index >= 15 is 0 Å². The number of fused-ring (bicyclic) bond motifs is 1. The van der Waals surface area contributed by atoms with Crippen LogP contribution in [0.2, 0.25) is 5.02 Å². The molecule has 0 radical (unpaired) electrons. The molecule has 2 heterocycles. The zero-order valence-corrected chi connectivity index (χ0v) is 15.4. The van der Waals surface area contributed by atoms with E-state index in [0.717, 1.165) is 59.8 Å². The predicted molar refractivity (Wildman–Crippen MR) is 106 cm³/mol. The Labute approximate surface area is 158 Å². The number of aliphatic hydroxyl groups excluding tert-OH is 1. The number of anilines is 1. The van der Waals surface area contributed by atoms with E-state index in [1.165, 1.54) is 0 Å². The fraction of sp³-hybridized carbons (Fsp3) is 0.333. The van der Waals surface area contributed by atoms with E-state index < -0.39 is 0 Å². The Bertz CT molecular complexity index is 916. The third-order valence-corrected chi connectivity index (χ3v) is 5.46. The van der Waals surface area contributed by atoms with Gasteiger partial charge in [-0.25, -0.2) is 4.98 Å². The topological polar surface area (TPSA) is 49.2 Å². The number of halogens is 1. The summed E-state index contributed by atoms with van der Waals surface area (Å²) in [5.74, 6) is 0.882. The third kappa shape index (κ3) is 3.53. The molecule has 1 aromatic heterocycles. The van der Waals surface area contributed by atoms with Crippen LogP contribution in [0, 0.1) is 5.41 Å². The molecule has 1 fully saturated rings. The quantitative estimate of drug-likeness (QED) is 0.754. The highest BCUT2D eigenvalue weighted by Gasteiger charge is 2.35. The summed E-state index contributed by atoms with van der Waals surface area (Å²) in [6, 6.07) is 15.8. The van der Waals surface area contributed by atoms with Crippen LogP contribution < -0.4 is 4.90 Å². The summed E-state index contributed by atoms with van der Waals surface area (Å²) < 4.78 is 0. The summed E-state index contributed by atoms with van der Waals surface area (Å²) in [6.07, 6.45) is 4.67. The molecule has 2 aromatic carbocycles. The Morgan fingerprint density at radius 2 is 1.96 bits per heavy atom. The molecule has 5 heteroatoms. The molecule has 0 amide bonds. The van der Waals surface area contributed by atoms with Gasteiger partial charge in [-0.2, -0.15) is 0 Å². The van der Waals surface area contributed by atoms with Gasteiger partial charge in [0.25, 0.3) is 0 Å². The van der Waals surface area contributed by atoms with E-state index in [9.17, 15) is 5.11 Å². The van der Waals surface area contributed by atoms with Crippen molar-refractivity contribution in [1.82, 2.24) is 9.97 Å². The van der Waals surface area contributed by atoms with E-state index in [-0.39, 0.29) is 12.0 Å². The number of hydrogen-bond acceptors (Lipinski definition) is 4. The number of rotatable bonds is 4. The molecule has 4 nitrogen and oxygen atoms in total. The SMILES string of the molecule is OC[C@@]1(Cc2cccc(Cl)c2)CCCN(c2cnc3ccccc3n2)C1. The molecule has 3 aromatic rings. The van der Waals surface area contributed by atoms with Crippen molar-refractivity contribution in [3.05, 3.63) is 65.3 Å². The van der Waals surface area contributed by atoms with E-state index in [1.807, 2.05) is 48.7 Å². The monoisotopic (exact) mass is 367 g/mol. The lowest BCUT2D eigenvalue weighted by Gasteiger charge is -2.42. The normalized spacial score (nSPS) is 20.5. The summed E-state index contributed by atoms with van der Waals surface area (Å²) in [7, 11) is 0. The van der Waals surface area contributed by atoms with E-state index in [0.29, 0.717) is 0 Å². The molecule has 1 atom stereocenters. The average molecular weight is 368 g/mol. The van der Waals surface area contributed by atoms with Crippen LogP contribution in [0.15, 0.2) is 54.7 Å². The summed E-state index contributed by atoms with van der Waals surface area (Å²) in [4.78, 5) is 11.6. The smallest absolute Gasteiger partial charge is 0.147 e. The molecular weight excluding hydrogens is 346 g/mol. The molecule has 0 spiro atoms. The lowest BCUT2D eigenvalue weighted by Crippen LogP contribution is -2.47. The Morgan fingerprint density at radius 1 is 1.12 bits per heavy atom. The number of hydrogen-bond donors (Lipinski definition) is 1. The van der Waals surface area contributed by atoms with Crippen LogP contribution in [-0.2, 0) is 6.42 Å². The van der Waals surface area contributed by atoms with Crippen LogP contribution in [0.1, 0.15) is 18.4 Å². The number of para-hydroxylation sites is 2. The summed E-state index contributed by atoms with van der Waals surface area (Å²) in [5, 5.41) is 11.0. The zero-order valence-electron chi connectivity index (χ0n) is 14.6. The zero-order chi connectivity index (χ0) is 18.0. The number of benzene rings is 2. The van der Waals surface area contributed by atoms with Crippen LogP contribution in [0.3, 0.4) is 0 Å². The standard InChI is InChI=1S/C21H22ClN3O/c22-17-6-3-5-16(11-17)12-21(15-26)9-4-10-25(14-21)20-13-23-18-7-1-2-8-19(18)24-20/h1-3,5-8,11,13,26H,4,9-10,12,14-15H2/t21-/m1/s1. The lowest BCUT2D eigenvalue weighted by atomic mass is 9.76. The van der Waals surface area contributed by atoms with Gasteiger partial charge in [-0.15, -0.1) is 0 Å². The fourth-order valence-electron chi connectivity index (χ4n) is 3.91. The van der Waals surface area contributed by atoms with Gasteiger partial charge < -0.3 is 10.0 Å². The van der Waals surface area contributed by atoms with Crippen LogP contribution >= 0.6 is 11.6 Å². The van der Waals surface area contributed by atoms with Gasteiger partial charge in [0, 0.05) is 23.5 Å². The van der Waals surface area contributed by atoms with Gasteiger partial charge in [0.2, 0.25) is 0 Å². The number of aromatic nitrogens is 2. The second-order valence-electron chi connectivity index (χ2n) is 7.21. The van der Waals surface area contributed by atoms with Gasteiger partial charge in [0.15, 0.2) is 0 Å². The first kappa shape index (κ1) is 17.3. The molecule has 1 aliphatic rings. The van der Waals surface area contributed by atoms with Crippen LogP contribution in [0.25, 0.3) is 11.0 Å². The Hall–Kier alpha value is -2.17. The van der Waals surface area contributed by atoms with Gasteiger partial charge in [-0.05, 0) is 49.1 Å². The Morgan fingerprint density at radius 3 is 2.77 bits per heavy atom. The molecule has 0 saturated carbocycles. The van der Waals surface area contributed by atoms with Crippen LogP contribution in [0.5, 0.6) is 0 Å². The van der Waals surface area contributed by atoms with Crippen molar-refractivity contribution in [3.8, 4) is 0 Å². The summed E-state index contributed by atoms with van der Waals surface area (Å²) in [5.41, 5.74) is 2.79. The fourth-order valence-corrected chi connectivity index (χ4v) is 4.13. The number of nitrogens with zero attached hydrogens (tertiary/aromatic N) is 3. The molecule has 0 aliphatic carbocycles. The largest absolute Gasteiger partial charge is 0.396 e. The third-order valence-electron chi connectivity index (χ3n) is 5.22. The maximum absolute atomic E-state index is 10.2. The van der Waals surface area contributed by atoms with Crippen molar-refractivity contribution >= 4 is 28.5 Å². The Kier molecular flexibility index (Phi) is 4.79. The van der Waals surface area contributed by atoms with Gasteiger partial charge in [0.1, 0.15) is 5.82 Å². The van der Waals surface area contributed by atoms with Gasteiger partial charge in [-0.3, -0.25) is 4.98 Å². The first-order valence-electron chi connectivity index (χ1n) is 9.00. The number of piperidine rings is 1. The van der Waals surface area contributed by atoms with Crippen molar-refractivity contribution in [1.29, 1.82) is 0 Å². The molecule has 0 bridgehead atoms. The minimum Gasteiger partial charge on any atom is -0.396 e. The van der Waals surface area contributed by atoms with Crippen molar-refractivity contribution in [2.24, 2.45) is 5.41 Å². The van der Waals surface area contributed by atoms with Crippen molar-refractivity contribution in [3.63, 3.8) is 0 Å². The lowest BCUT2D eigenvalue weighted by molar-refractivity contribution is 0.105.